The van der Waals surface area contributed by atoms with Crippen LogP contribution in [0.3, 0.4) is 0 Å². The number of carbonyl (C=O) groups is 2. The van der Waals surface area contributed by atoms with Crippen molar-refractivity contribution < 1.29 is 19.1 Å². The van der Waals surface area contributed by atoms with Gasteiger partial charge in [-0.3, -0.25) is 0 Å². The molecule has 0 heterocycles. The van der Waals surface area contributed by atoms with E-state index in [1.807, 2.05) is 6.07 Å². The lowest BCUT2D eigenvalue weighted by Crippen LogP contribution is -2.09. The zero-order chi connectivity index (χ0) is 20.4. The molecule has 2 aromatic rings. The second kappa shape index (κ2) is 10.7. The highest BCUT2D eigenvalue weighted by Gasteiger charge is 2.13. The Morgan fingerprint density at radius 3 is 2.46 bits per heavy atom. The van der Waals surface area contributed by atoms with E-state index in [9.17, 15) is 9.59 Å². The predicted molar refractivity (Wildman–Crippen MR) is 107 cm³/mol. The number of ether oxygens (including phenoxy) is 2. The average molecular weight is 377 g/mol. The van der Waals surface area contributed by atoms with Gasteiger partial charge in [0.1, 0.15) is 12.4 Å². The summed E-state index contributed by atoms with van der Waals surface area (Å²) in [6.45, 7) is 12.9. The zero-order valence-corrected chi connectivity index (χ0v) is 15.9. The van der Waals surface area contributed by atoms with E-state index < -0.39 is 11.9 Å². The topological polar surface area (TPSA) is 57.0 Å². The number of hydrogen-bond acceptors (Lipinski definition) is 4. The van der Waals surface area contributed by atoms with Crippen molar-refractivity contribution in [2.24, 2.45) is 0 Å². The van der Waals surface area contributed by atoms with E-state index in [0.717, 1.165) is 42.9 Å². The molecule has 0 aromatic heterocycles. The maximum absolute atomic E-state index is 12.4. The molecule has 5 heteroatoms. The molecule has 0 N–H and O–H groups in total. The van der Waals surface area contributed by atoms with Gasteiger partial charge >= 0.3 is 11.9 Å². The highest BCUT2D eigenvalue weighted by molar-refractivity contribution is 5.92. The van der Waals surface area contributed by atoms with E-state index in [2.05, 4.69) is 18.3 Å². The maximum Gasteiger partial charge on any atom is 0.342 e. The normalized spacial score (nSPS) is 10.0. The van der Waals surface area contributed by atoms with Gasteiger partial charge in [0.15, 0.2) is 0 Å². The standard InChI is InChI=1S/C23H23NO4/c1-4-6-7-8-17-11-14-21(20(15-17)24-3)28-23(26)19-12-9-18(10-13-19)16-27-22(25)5-2/h5,9-15H,2,4,6-8,16H2,1H3. The summed E-state index contributed by atoms with van der Waals surface area (Å²) in [5.41, 5.74) is 2.49. The summed E-state index contributed by atoms with van der Waals surface area (Å²) in [4.78, 5) is 26.9. The maximum atomic E-state index is 12.4. The van der Waals surface area contributed by atoms with Crippen LogP contribution in [0.1, 0.15) is 47.7 Å². The molecule has 0 atom stereocenters. The minimum Gasteiger partial charge on any atom is -0.458 e. The number of rotatable bonds is 9. The molecule has 0 bridgehead atoms. The molecular weight excluding hydrogens is 354 g/mol. The molecule has 5 nitrogen and oxygen atoms in total. The summed E-state index contributed by atoms with van der Waals surface area (Å²) in [7, 11) is 0. The van der Waals surface area contributed by atoms with Crippen LogP contribution < -0.4 is 4.74 Å². The number of benzene rings is 2. The van der Waals surface area contributed by atoms with E-state index in [1.54, 1.807) is 36.4 Å². The fourth-order valence-corrected chi connectivity index (χ4v) is 2.58. The van der Waals surface area contributed by atoms with Gasteiger partial charge in [0.25, 0.3) is 0 Å². The third-order valence-corrected chi connectivity index (χ3v) is 4.15. The summed E-state index contributed by atoms with van der Waals surface area (Å²) in [6, 6.07) is 11.9. The van der Waals surface area contributed by atoms with Crippen LogP contribution in [0.4, 0.5) is 5.69 Å². The number of unbranched alkanes of at least 4 members (excludes halogenated alkanes) is 2. The SMILES string of the molecule is [C-]#[N+]c1cc(CCCCC)ccc1OC(=O)c1ccc(COC(=O)C=C)cc1. The van der Waals surface area contributed by atoms with Crippen molar-refractivity contribution in [3.63, 3.8) is 0 Å². The van der Waals surface area contributed by atoms with Crippen LogP contribution in [0.2, 0.25) is 0 Å². The van der Waals surface area contributed by atoms with E-state index in [-0.39, 0.29) is 12.4 Å². The minimum atomic E-state index is -0.543. The Kier molecular flexibility index (Phi) is 7.98. The Morgan fingerprint density at radius 2 is 1.82 bits per heavy atom. The number of esters is 2. The molecule has 0 aliphatic rings. The van der Waals surface area contributed by atoms with Crippen LogP contribution in [0.15, 0.2) is 55.1 Å². The van der Waals surface area contributed by atoms with E-state index in [4.69, 9.17) is 16.0 Å². The van der Waals surface area contributed by atoms with E-state index >= 15 is 0 Å². The zero-order valence-electron chi connectivity index (χ0n) is 15.9. The molecule has 0 unspecified atom stereocenters. The number of nitrogens with zero attached hydrogens (tertiary/aromatic N) is 1. The average Bonchev–Trinajstić information content (AvgIpc) is 2.73. The lowest BCUT2D eigenvalue weighted by Gasteiger charge is -2.09. The highest BCUT2D eigenvalue weighted by Crippen LogP contribution is 2.30. The number of aryl methyl sites for hydroxylation is 1. The second-order valence-electron chi connectivity index (χ2n) is 6.27. The van der Waals surface area contributed by atoms with Crippen LogP contribution in [0, 0.1) is 6.57 Å². The molecule has 0 radical (unpaired) electrons. The summed E-state index contributed by atoms with van der Waals surface area (Å²) < 4.78 is 10.4. The summed E-state index contributed by atoms with van der Waals surface area (Å²) in [5, 5.41) is 0. The van der Waals surface area contributed by atoms with Crippen molar-refractivity contribution in [3.8, 4) is 5.75 Å². The van der Waals surface area contributed by atoms with Crippen LogP contribution in [-0.2, 0) is 22.6 Å². The van der Waals surface area contributed by atoms with E-state index in [1.165, 1.54) is 0 Å². The fraction of sp³-hybridized carbons (Fsp3) is 0.261. The Bertz CT molecular complexity index is 878. The van der Waals surface area contributed by atoms with Crippen molar-refractivity contribution in [2.45, 2.75) is 39.2 Å². The molecule has 0 spiro atoms. The van der Waals surface area contributed by atoms with Gasteiger partial charge in [0, 0.05) is 6.08 Å². The Balaban J connectivity index is 2.02. The molecule has 0 amide bonds. The van der Waals surface area contributed by atoms with Crippen LogP contribution >= 0.6 is 0 Å². The lowest BCUT2D eigenvalue weighted by molar-refractivity contribution is -0.138. The quantitative estimate of drug-likeness (QED) is 0.192. The Labute approximate surface area is 165 Å². The van der Waals surface area contributed by atoms with Gasteiger partial charge in [-0.25, -0.2) is 14.4 Å². The summed E-state index contributed by atoms with van der Waals surface area (Å²) in [6.07, 6.45) is 5.35. The second-order valence-corrected chi connectivity index (χ2v) is 6.27. The predicted octanol–water partition coefficient (Wildman–Crippen LogP) is 5.42. The van der Waals surface area contributed by atoms with Crippen LogP contribution in [0.25, 0.3) is 4.85 Å². The minimum absolute atomic E-state index is 0.0988. The molecule has 0 fully saturated rings. The number of carbonyl (C=O) groups excluding carboxylic acids is 2. The van der Waals surface area contributed by atoms with Gasteiger partial charge in [-0.05, 0) is 42.7 Å². The van der Waals surface area contributed by atoms with Gasteiger partial charge in [-0.1, -0.05) is 50.1 Å². The molecule has 144 valence electrons. The van der Waals surface area contributed by atoms with Gasteiger partial charge in [0.05, 0.1) is 12.1 Å². The van der Waals surface area contributed by atoms with Crippen LogP contribution in [-0.4, -0.2) is 11.9 Å². The fourth-order valence-electron chi connectivity index (χ4n) is 2.58. The summed E-state index contributed by atoms with van der Waals surface area (Å²) >= 11 is 0. The van der Waals surface area contributed by atoms with E-state index in [0.29, 0.717) is 11.3 Å². The number of hydrogen-bond donors (Lipinski definition) is 0. The first-order chi connectivity index (χ1) is 13.6. The molecule has 0 saturated heterocycles. The first-order valence-corrected chi connectivity index (χ1v) is 9.18. The van der Waals surface area contributed by atoms with Gasteiger partial charge in [-0.2, -0.15) is 0 Å². The van der Waals surface area contributed by atoms with Gasteiger partial charge in [-0.15, -0.1) is 0 Å². The molecule has 0 aliphatic carbocycles. The first-order valence-electron chi connectivity index (χ1n) is 9.18. The largest absolute Gasteiger partial charge is 0.458 e. The first kappa shape index (κ1) is 20.9. The van der Waals surface area contributed by atoms with Crippen LogP contribution in [0.5, 0.6) is 5.75 Å². The van der Waals surface area contributed by atoms with Crippen molar-refractivity contribution in [3.05, 3.63) is 83.2 Å². The monoisotopic (exact) mass is 377 g/mol. The third kappa shape index (κ3) is 6.10. The van der Waals surface area contributed by atoms with Crippen molar-refractivity contribution in [1.29, 1.82) is 0 Å². The van der Waals surface area contributed by atoms with Gasteiger partial charge in [0.2, 0.25) is 5.69 Å². The molecule has 28 heavy (non-hydrogen) atoms. The third-order valence-electron chi connectivity index (χ3n) is 4.15. The highest BCUT2D eigenvalue weighted by atomic mass is 16.5. The molecule has 2 rings (SSSR count). The molecular formula is C23H23NO4. The molecule has 0 aliphatic heterocycles. The Hall–Kier alpha value is -3.39. The van der Waals surface area contributed by atoms with Crippen molar-refractivity contribution in [1.82, 2.24) is 0 Å². The molecule has 0 saturated carbocycles. The Morgan fingerprint density at radius 1 is 1.11 bits per heavy atom. The van der Waals surface area contributed by atoms with Crippen molar-refractivity contribution >= 4 is 17.6 Å². The smallest absolute Gasteiger partial charge is 0.342 e. The lowest BCUT2D eigenvalue weighted by atomic mass is 10.1. The summed E-state index contributed by atoms with van der Waals surface area (Å²) in [5.74, 6) is -0.796. The van der Waals surface area contributed by atoms with Gasteiger partial charge < -0.3 is 9.47 Å². The molecule has 2 aromatic carbocycles. The van der Waals surface area contributed by atoms with Crippen molar-refractivity contribution in [2.75, 3.05) is 0 Å².